The van der Waals surface area contributed by atoms with Gasteiger partial charge in [0, 0.05) is 11.1 Å². The normalized spacial score (nSPS) is 10.6. The minimum absolute atomic E-state index is 0.156. The average molecular weight is 417 g/mol. The number of aryl methyl sites for hydroxylation is 1. The average Bonchev–Trinajstić information content (AvgIpc) is 3.09. The molecule has 0 bridgehead atoms. The molecule has 0 aliphatic heterocycles. The Balaban J connectivity index is 1.63. The van der Waals surface area contributed by atoms with Gasteiger partial charge < -0.3 is 15.8 Å². The Bertz CT molecular complexity index is 963. The van der Waals surface area contributed by atoms with Crippen LogP contribution in [0.5, 0.6) is 0 Å². The van der Waals surface area contributed by atoms with Crippen LogP contribution in [0.4, 0.5) is 17.6 Å². The van der Waals surface area contributed by atoms with Crippen molar-refractivity contribution in [1.29, 1.82) is 0 Å². The first-order valence-electron chi connectivity index (χ1n) is 8.59. The van der Waals surface area contributed by atoms with Crippen molar-refractivity contribution in [2.75, 3.05) is 17.7 Å². The lowest BCUT2D eigenvalue weighted by atomic mass is 10.2. The first kappa shape index (κ1) is 20.0. The van der Waals surface area contributed by atoms with E-state index in [0.717, 1.165) is 15.6 Å². The van der Waals surface area contributed by atoms with Crippen molar-refractivity contribution in [3.05, 3.63) is 46.7 Å². The maximum atomic E-state index is 11.5. The fourth-order valence-corrected chi connectivity index (χ4v) is 4.01. The minimum Gasteiger partial charge on any atom is -0.466 e. The summed E-state index contributed by atoms with van der Waals surface area (Å²) in [5, 5.41) is 5.03. The number of nitrogen functional groups attached to an aromatic ring is 1. The van der Waals surface area contributed by atoms with Gasteiger partial charge in [-0.15, -0.1) is 11.3 Å². The largest absolute Gasteiger partial charge is 0.466 e. The molecular formula is C18H20N6O2S2. The summed E-state index contributed by atoms with van der Waals surface area (Å²) in [6, 6.07) is 7.85. The van der Waals surface area contributed by atoms with E-state index in [9.17, 15) is 4.79 Å². The molecule has 0 unspecified atom stereocenters. The standard InChI is InChI=1S/C18H20N6O2S2/c1-3-26-15(25)8-12-9-27-18(20-12)28-10-14-22-16(19)24-17(23-14)21-13-7-5-4-6-11(13)2/h4-7,9H,3,8,10H2,1-2H3,(H3,19,21,22,23,24). The summed E-state index contributed by atoms with van der Waals surface area (Å²) in [5.74, 6) is 1.32. The van der Waals surface area contributed by atoms with Crippen LogP contribution in [-0.4, -0.2) is 32.5 Å². The molecule has 2 aromatic heterocycles. The molecule has 0 amide bonds. The SMILES string of the molecule is CCOC(=O)Cc1csc(SCc2nc(N)nc(Nc3ccccc3C)n2)n1. The number of para-hydroxylation sites is 1. The zero-order valence-corrected chi connectivity index (χ0v) is 17.1. The molecule has 1 aromatic carbocycles. The molecule has 0 fully saturated rings. The molecule has 28 heavy (non-hydrogen) atoms. The van der Waals surface area contributed by atoms with Crippen LogP contribution in [0.2, 0.25) is 0 Å². The van der Waals surface area contributed by atoms with Crippen LogP contribution < -0.4 is 11.1 Å². The van der Waals surface area contributed by atoms with Crippen LogP contribution in [0.1, 0.15) is 24.0 Å². The Morgan fingerprint density at radius 1 is 1.25 bits per heavy atom. The molecule has 0 aliphatic carbocycles. The lowest BCUT2D eigenvalue weighted by Gasteiger charge is -2.09. The molecule has 3 N–H and O–H groups in total. The highest BCUT2D eigenvalue weighted by Gasteiger charge is 2.11. The Morgan fingerprint density at radius 2 is 2.07 bits per heavy atom. The smallest absolute Gasteiger partial charge is 0.311 e. The van der Waals surface area contributed by atoms with Crippen molar-refractivity contribution < 1.29 is 9.53 Å². The summed E-state index contributed by atoms with van der Waals surface area (Å²) >= 11 is 2.95. The van der Waals surface area contributed by atoms with Gasteiger partial charge in [-0.2, -0.15) is 15.0 Å². The molecule has 2 heterocycles. The van der Waals surface area contributed by atoms with E-state index in [0.29, 0.717) is 29.8 Å². The Kier molecular flexibility index (Phi) is 6.77. The van der Waals surface area contributed by atoms with Gasteiger partial charge in [0.25, 0.3) is 0 Å². The van der Waals surface area contributed by atoms with Crippen molar-refractivity contribution in [1.82, 2.24) is 19.9 Å². The van der Waals surface area contributed by atoms with Gasteiger partial charge in [-0.25, -0.2) is 4.98 Å². The quantitative estimate of drug-likeness (QED) is 0.421. The monoisotopic (exact) mass is 416 g/mol. The Hall–Kier alpha value is -2.72. The van der Waals surface area contributed by atoms with Crippen molar-refractivity contribution in [2.45, 2.75) is 30.4 Å². The molecule has 8 nitrogen and oxygen atoms in total. The summed E-state index contributed by atoms with van der Waals surface area (Å²) in [5.41, 5.74) is 8.52. The molecule has 0 spiro atoms. The molecule has 0 atom stereocenters. The molecule has 3 aromatic rings. The number of nitrogens with zero attached hydrogens (tertiary/aromatic N) is 4. The van der Waals surface area contributed by atoms with E-state index in [1.807, 2.05) is 36.6 Å². The van der Waals surface area contributed by atoms with Crippen LogP contribution in [0, 0.1) is 6.92 Å². The van der Waals surface area contributed by atoms with Gasteiger partial charge in [0.2, 0.25) is 11.9 Å². The summed E-state index contributed by atoms with van der Waals surface area (Å²) in [4.78, 5) is 28.7. The van der Waals surface area contributed by atoms with Gasteiger partial charge >= 0.3 is 5.97 Å². The van der Waals surface area contributed by atoms with Gasteiger partial charge in [0.1, 0.15) is 5.82 Å². The number of anilines is 3. The number of thiazole rings is 1. The molecule has 0 saturated heterocycles. The van der Waals surface area contributed by atoms with Crippen molar-refractivity contribution in [3.63, 3.8) is 0 Å². The number of rotatable bonds is 8. The zero-order valence-electron chi connectivity index (χ0n) is 15.5. The highest BCUT2D eigenvalue weighted by Crippen LogP contribution is 2.26. The first-order chi connectivity index (χ1) is 13.5. The molecule has 0 aliphatic rings. The lowest BCUT2D eigenvalue weighted by molar-refractivity contribution is -0.142. The molecule has 10 heteroatoms. The van der Waals surface area contributed by atoms with E-state index in [2.05, 4.69) is 25.3 Å². The van der Waals surface area contributed by atoms with Gasteiger partial charge in [0.15, 0.2) is 4.34 Å². The fourth-order valence-electron chi connectivity index (χ4n) is 2.31. The molecule has 3 rings (SSSR count). The number of nitrogens with two attached hydrogens (primary N) is 1. The van der Waals surface area contributed by atoms with Crippen LogP contribution in [0.3, 0.4) is 0 Å². The first-order valence-corrected chi connectivity index (χ1v) is 10.5. The summed E-state index contributed by atoms with van der Waals surface area (Å²) < 4.78 is 5.76. The van der Waals surface area contributed by atoms with Crippen molar-refractivity contribution in [3.8, 4) is 0 Å². The maximum Gasteiger partial charge on any atom is 0.311 e. The van der Waals surface area contributed by atoms with Crippen molar-refractivity contribution >= 4 is 46.7 Å². The Morgan fingerprint density at radius 3 is 2.86 bits per heavy atom. The number of carbonyl (C=O) groups excluding carboxylic acids is 1. The maximum absolute atomic E-state index is 11.5. The van der Waals surface area contributed by atoms with Crippen molar-refractivity contribution in [2.24, 2.45) is 0 Å². The number of esters is 1. The Labute approximate surface area is 171 Å². The number of carbonyl (C=O) groups is 1. The fraction of sp³-hybridized carbons (Fsp3) is 0.278. The highest BCUT2D eigenvalue weighted by atomic mass is 32.2. The number of nitrogens with one attached hydrogen (secondary N) is 1. The zero-order chi connectivity index (χ0) is 19.9. The topological polar surface area (TPSA) is 116 Å². The van der Waals surface area contributed by atoms with Gasteiger partial charge in [-0.3, -0.25) is 4.79 Å². The molecule has 146 valence electrons. The second-order valence-corrected chi connectivity index (χ2v) is 7.83. The van der Waals surface area contributed by atoms with Crippen LogP contribution in [-0.2, 0) is 21.7 Å². The number of hydrogen-bond acceptors (Lipinski definition) is 10. The molecule has 0 saturated carbocycles. The predicted molar refractivity (Wildman–Crippen MR) is 111 cm³/mol. The third-order valence-electron chi connectivity index (χ3n) is 3.58. The van der Waals surface area contributed by atoms with E-state index in [-0.39, 0.29) is 18.3 Å². The third kappa shape index (κ3) is 5.64. The van der Waals surface area contributed by atoms with Crippen LogP contribution >= 0.6 is 23.1 Å². The number of hydrogen-bond donors (Lipinski definition) is 2. The molecule has 0 radical (unpaired) electrons. The minimum atomic E-state index is -0.276. The summed E-state index contributed by atoms with van der Waals surface area (Å²) in [7, 11) is 0. The van der Waals surface area contributed by atoms with Crippen LogP contribution in [0.15, 0.2) is 34.0 Å². The summed E-state index contributed by atoms with van der Waals surface area (Å²) in [6.07, 6.45) is 0.175. The van der Waals surface area contributed by atoms with E-state index in [1.165, 1.54) is 23.1 Å². The predicted octanol–water partition coefficient (Wildman–Crippen LogP) is 3.36. The number of benzene rings is 1. The third-order valence-corrected chi connectivity index (χ3v) is 5.64. The van der Waals surface area contributed by atoms with E-state index >= 15 is 0 Å². The van der Waals surface area contributed by atoms with E-state index in [4.69, 9.17) is 10.5 Å². The van der Waals surface area contributed by atoms with Crippen LogP contribution in [0.25, 0.3) is 0 Å². The second-order valence-electron chi connectivity index (χ2n) is 5.75. The second kappa shape index (κ2) is 9.47. The molecular weight excluding hydrogens is 396 g/mol. The van der Waals surface area contributed by atoms with Gasteiger partial charge in [-0.05, 0) is 25.5 Å². The number of aromatic nitrogens is 4. The summed E-state index contributed by atoms with van der Waals surface area (Å²) in [6.45, 7) is 4.15. The highest BCUT2D eigenvalue weighted by molar-refractivity contribution is 8.00. The van der Waals surface area contributed by atoms with E-state index < -0.39 is 0 Å². The number of thioether (sulfide) groups is 1. The van der Waals surface area contributed by atoms with E-state index in [1.54, 1.807) is 6.92 Å². The van der Waals surface area contributed by atoms with Gasteiger partial charge in [0.05, 0.1) is 24.5 Å². The number of ether oxygens (including phenoxy) is 1. The van der Waals surface area contributed by atoms with Gasteiger partial charge in [-0.1, -0.05) is 30.0 Å². The lowest BCUT2D eigenvalue weighted by Crippen LogP contribution is -2.07.